The molecule has 204 valence electrons. The summed E-state index contributed by atoms with van der Waals surface area (Å²) in [7, 11) is 0. The Kier molecular flexibility index (Phi) is 5.46. The Hall–Kier alpha value is -2.54. The number of carbonyl (C=O) groups excluding carboxylic acids is 3. The summed E-state index contributed by atoms with van der Waals surface area (Å²) >= 11 is 0. The van der Waals surface area contributed by atoms with Gasteiger partial charge in [-0.15, -0.1) is 0 Å². The monoisotopic (exact) mass is 524 g/mol. The molecule has 2 heterocycles. The third kappa shape index (κ3) is 2.76. The number of carboxylic acids is 1. The largest absolute Gasteiger partial charge is 0.504 e. The molecule has 5 N–H and O–H groups in total. The van der Waals surface area contributed by atoms with Gasteiger partial charge < -0.3 is 39.7 Å². The number of allylic oxidation sites excluding steroid dienone is 2. The van der Waals surface area contributed by atoms with Crippen molar-refractivity contribution in [1.82, 2.24) is 0 Å². The number of aliphatic hydroxyl groups excluding tert-OH is 3. The van der Waals surface area contributed by atoms with E-state index in [1.807, 2.05) is 0 Å². The SMILES string of the molecule is CC1=C(O)C(=O)CC2(C)C1CC1OC(=O)C(OC(=O)CC(C)C)C3(O)C4(C(=O)O)OCC13C2C(O)C4O. The van der Waals surface area contributed by atoms with E-state index in [1.165, 1.54) is 0 Å². The van der Waals surface area contributed by atoms with Crippen molar-refractivity contribution in [3.63, 3.8) is 0 Å². The Morgan fingerprint density at radius 1 is 1.22 bits per heavy atom. The molecular formula is C25H32O12. The van der Waals surface area contributed by atoms with Crippen LogP contribution >= 0.6 is 0 Å². The average molecular weight is 525 g/mol. The van der Waals surface area contributed by atoms with Gasteiger partial charge in [-0.25, -0.2) is 9.59 Å². The Morgan fingerprint density at radius 3 is 2.46 bits per heavy atom. The third-order valence-corrected chi connectivity index (χ3v) is 9.68. The molecule has 12 nitrogen and oxygen atoms in total. The second-order valence-corrected chi connectivity index (χ2v) is 11.9. The van der Waals surface area contributed by atoms with Crippen LogP contribution in [0.4, 0.5) is 0 Å². The van der Waals surface area contributed by atoms with Gasteiger partial charge in [0.2, 0.25) is 11.7 Å². The molecule has 10 unspecified atom stereocenters. The van der Waals surface area contributed by atoms with Crippen molar-refractivity contribution < 1.29 is 58.9 Å². The van der Waals surface area contributed by atoms with Gasteiger partial charge in [-0.2, -0.15) is 0 Å². The summed E-state index contributed by atoms with van der Waals surface area (Å²) in [6.07, 6.45) is -7.98. The molecular weight excluding hydrogens is 492 g/mol. The van der Waals surface area contributed by atoms with Crippen molar-refractivity contribution in [2.75, 3.05) is 6.61 Å². The van der Waals surface area contributed by atoms with Crippen molar-refractivity contribution in [2.24, 2.45) is 28.6 Å². The van der Waals surface area contributed by atoms with Crippen LogP contribution in [0.3, 0.4) is 0 Å². The van der Waals surface area contributed by atoms with E-state index < -0.39 is 94.3 Å². The first kappa shape index (κ1) is 26.1. The maximum absolute atomic E-state index is 13.3. The molecule has 0 radical (unpaired) electrons. The van der Waals surface area contributed by atoms with Crippen molar-refractivity contribution in [1.29, 1.82) is 0 Å². The highest BCUT2D eigenvalue weighted by Gasteiger charge is 2.92. The summed E-state index contributed by atoms with van der Waals surface area (Å²) < 4.78 is 16.8. The lowest BCUT2D eigenvalue weighted by Gasteiger charge is -2.69. The van der Waals surface area contributed by atoms with Crippen LogP contribution in [0, 0.1) is 28.6 Å². The number of ether oxygens (including phenoxy) is 3. The number of Topliss-reactive ketones (excluding diaryl/α,β-unsaturated/α-hetero) is 1. The number of aliphatic hydroxyl groups is 4. The number of rotatable bonds is 4. The van der Waals surface area contributed by atoms with Gasteiger partial charge in [0.05, 0.1) is 18.1 Å². The van der Waals surface area contributed by atoms with Crippen LogP contribution in [0.15, 0.2) is 11.3 Å². The molecule has 0 amide bonds. The normalized spacial score (nSPS) is 48.3. The van der Waals surface area contributed by atoms with Crippen molar-refractivity contribution in [2.45, 2.75) is 82.6 Å². The van der Waals surface area contributed by atoms with E-state index in [9.17, 15) is 44.7 Å². The molecule has 5 rings (SSSR count). The number of hydrogen-bond acceptors (Lipinski definition) is 11. The molecule has 1 spiro atoms. The minimum absolute atomic E-state index is 0.0290. The predicted molar refractivity (Wildman–Crippen MR) is 120 cm³/mol. The Morgan fingerprint density at radius 2 is 1.86 bits per heavy atom. The fraction of sp³-hybridized carbons (Fsp3) is 0.760. The smallest absolute Gasteiger partial charge is 0.351 e. The minimum Gasteiger partial charge on any atom is -0.504 e. The first-order valence-electron chi connectivity index (χ1n) is 12.4. The lowest BCUT2D eigenvalue weighted by molar-refractivity contribution is -0.345. The highest BCUT2D eigenvalue weighted by atomic mass is 16.6. The summed E-state index contributed by atoms with van der Waals surface area (Å²) in [6, 6.07) is 0. The molecule has 0 aromatic carbocycles. The second-order valence-electron chi connectivity index (χ2n) is 11.9. The average Bonchev–Trinajstić information content (AvgIpc) is 3.00. The number of fused-ring (bicyclic) bond motifs is 2. The minimum atomic E-state index is -2.93. The summed E-state index contributed by atoms with van der Waals surface area (Å²) in [5.41, 5.74) is -8.56. The van der Waals surface area contributed by atoms with Gasteiger partial charge in [-0.05, 0) is 36.2 Å². The zero-order valence-electron chi connectivity index (χ0n) is 21.0. The van der Waals surface area contributed by atoms with Crippen LogP contribution < -0.4 is 0 Å². The van der Waals surface area contributed by atoms with Gasteiger partial charge in [0.15, 0.2) is 17.1 Å². The molecule has 5 aliphatic rings. The summed E-state index contributed by atoms with van der Waals surface area (Å²) in [4.78, 5) is 51.5. The van der Waals surface area contributed by atoms with E-state index in [-0.39, 0.29) is 25.2 Å². The van der Waals surface area contributed by atoms with E-state index in [4.69, 9.17) is 14.2 Å². The molecule has 2 aliphatic heterocycles. The van der Waals surface area contributed by atoms with E-state index in [0.29, 0.717) is 5.57 Å². The molecule has 2 saturated heterocycles. The molecule has 4 fully saturated rings. The Balaban J connectivity index is 1.76. The predicted octanol–water partition coefficient (Wildman–Crippen LogP) is -0.377. The van der Waals surface area contributed by atoms with Gasteiger partial charge in [0.1, 0.15) is 12.2 Å². The molecule has 0 aromatic rings. The van der Waals surface area contributed by atoms with Crippen molar-refractivity contribution >= 4 is 23.7 Å². The lowest BCUT2D eigenvalue weighted by atomic mass is 9.36. The molecule has 10 atom stereocenters. The maximum atomic E-state index is 13.3. The molecule has 0 aromatic heterocycles. The summed E-state index contributed by atoms with van der Waals surface area (Å²) in [6.45, 7) is 6.08. The second kappa shape index (κ2) is 7.75. The van der Waals surface area contributed by atoms with Gasteiger partial charge in [0.25, 0.3) is 0 Å². The molecule has 2 bridgehead atoms. The van der Waals surface area contributed by atoms with Crippen molar-refractivity contribution in [3.05, 3.63) is 11.3 Å². The fourth-order valence-electron chi connectivity index (χ4n) is 8.27. The van der Waals surface area contributed by atoms with Crippen LogP contribution in [0.1, 0.15) is 47.0 Å². The summed E-state index contributed by atoms with van der Waals surface area (Å²) in [5.74, 6) is -7.06. The Bertz CT molecular complexity index is 1130. The van der Waals surface area contributed by atoms with Crippen LogP contribution in [0.2, 0.25) is 0 Å². The van der Waals surface area contributed by atoms with Crippen LogP contribution in [0.5, 0.6) is 0 Å². The van der Waals surface area contributed by atoms with Gasteiger partial charge in [-0.1, -0.05) is 20.8 Å². The van der Waals surface area contributed by atoms with Crippen LogP contribution in [-0.2, 0) is 33.4 Å². The van der Waals surface area contributed by atoms with E-state index in [2.05, 4.69) is 0 Å². The molecule has 12 heteroatoms. The van der Waals surface area contributed by atoms with E-state index in [0.717, 1.165) is 0 Å². The van der Waals surface area contributed by atoms with Gasteiger partial charge in [-0.3, -0.25) is 9.59 Å². The summed E-state index contributed by atoms with van der Waals surface area (Å²) in [5, 5.41) is 56.0. The fourth-order valence-corrected chi connectivity index (χ4v) is 8.27. The maximum Gasteiger partial charge on any atom is 0.351 e. The molecule has 37 heavy (non-hydrogen) atoms. The number of aliphatic carboxylic acids is 1. The highest BCUT2D eigenvalue weighted by Crippen LogP contribution is 2.74. The number of carboxylic acid groups (broad SMARTS) is 1. The molecule has 2 saturated carbocycles. The van der Waals surface area contributed by atoms with E-state index in [1.54, 1.807) is 27.7 Å². The van der Waals surface area contributed by atoms with Gasteiger partial charge in [0, 0.05) is 18.8 Å². The third-order valence-electron chi connectivity index (χ3n) is 9.68. The zero-order valence-corrected chi connectivity index (χ0v) is 21.0. The van der Waals surface area contributed by atoms with Crippen LogP contribution in [-0.4, -0.2) is 91.4 Å². The number of ketones is 1. The number of hydrogen-bond donors (Lipinski definition) is 5. The number of carbonyl (C=O) groups is 4. The first-order chi connectivity index (χ1) is 17.1. The van der Waals surface area contributed by atoms with Crippen molar-refractivity contribution in [3.8, 4) is 0 Å². The standard InChI is InChI=1S/C25H32O12/c1-9(2)5-14(27)37-19-20(31)36-13-6-11-10(3)15(28)12(26)7-22(11,4)17-16(29)18(30)24(21(32)33)25(19,34)23(13,17)8-35-24/h9,11,13,16-19,28-30,34H,5-8H2,1-4H3,(H,32,33). The first-order valence-corrected chi connectivity index (χ1v) is 12.4. The van der Waals surface area contributed by atoms with Crippen LogP contribution in [0.25, 0.3) is 0 Å². The van der Waals surface area contributed by atoms with Gasteiger partial charge >= 0.3 is 17.9 Å². The zero-order chi connectivity index (χ0) is 27.5. The lowest BCUT2D eigenvalue weighted by Crippen LogP contribution is -2.88. The number of esters is 2. The molecule has 3 aliphatic carbocycles. The quantitative estimate of drug-likeness (QED) is 0.299. The Labute approximate surface area is 212 Å². The topological polar surface area (TPSA) is 197 Å². The van der Waals surface area contributed by atoms with E-state index >= 15 is 0 Å². The highest BCUT2D eigenvalue weighted by molar-refractivity contribution is 5.96.